The van der Waals surface area contributed by atoms with Crippen LogP contribution in [0.4, 0.5) is 5.69 Å². The van der Waals surface area contributed by atoms with Crippen LogP contribution < -0.4 is 5.32 Å². The molecule has 0 radical (unpaired) electrons. The molecule has 0 saturated heterocycles. The van der Waals surface area contributed by atoms with E-state index < -0.39 is 18.0 Å². The van der Waals surface area contributed by atoms with Gasteiger partial charge in [0.1, 0.15) is 0 Å². The monoisotopic (exact) mass is 353 g/mol. The smallest absolute Gasteiger partial charge is 0.307 e. The second kappa shape index (κ2) is 8.94. The molecule has 1 N–H and O–H groups in total. The van der Waals surface area contributed by atoms with Crippen LogP contribution in [-0.2, 0) is 14.3 Å². The molecule has 1 amide bonds. The molecule has 5 nitrogen and oxygen atoms in total. The second-order valence-corrected chi connectivity index (χ2v) is 6.27. The molecule has 2 rings (SSSR count). The van der Waals surface area contributed by atoms with Gasteiger partial charge in [-0.15, -0.1) is 0 Å². The van der Waals surface area contributed by atoms with E-state index in [4.69, 9.17) is 4.74 Å². The Hall–Kier alpha value is -2.95. The maximum absolute atomic E-state index is 12.2. The molecule has 0 aromatic heterocycles. The first kappa shape index (κ1) is 19.4. The number of ketones is 1. The van der Waals surface area contributed by atoms with Crippen LogP contribution in [0.15, 0.2) is 54.6 Å². The summed E-state index contributed by atoms with van der Waals surface area (Å²) in [4.78, 5) is 35.7. The lowest BCUT2D eigenvalue weighted by atomic mass is 9.98. The van der Waals surface area contributed by atoms with Gasteiger partial charge in [0.2, 0.25) is 0 Å². The maximum Gasteiger partial charge on any atom is 0.307 e. The van der Waals surface area contributed by atoms with E-state index in [0.717, 1.165) is 5.56 Å². The molecule has 5 heteroatoms. The zero-order chi connectivity index (χ0) is 19.1. The highest BCUT2D eigenvalue weighted by Crippen LogP contribution is 2.19. The lowest BCUT2D eigenvalue weighted by Gasteiger charge is -2.16. The molecular weight excluding hydrogens is 330 g/mol. The summed E-state index contributed by atoms with van der Waals surface area (Å²) >= 11 is 0. The van der Waals surface area contributed by atoms with Gasteiger partial charge in [0.15, 0.2) is 11.9 Å². The molecular formula is C21H23NO4. The van der Waals surface area contributed by atoms with Crippen molar-refractivity contribution in [1.29, 1.82) is 0 Å². The number of nitrogens with one attached hydrogen (secondary N) is 1. The van der Waals surface area contributed by atoms with Crippen LogP contribution in [0.5, 0.6) is 0 Å². The topological polar surface area (TPSA) is 72.5 Å². The molecule has 0 bridgehead atoms. The highest BCUT2D eigenvalue weighted by Gasteiger charge is 2.20. The first-order valence-electron chi connectivity index (χ1n) is 8.53. The van der Waals surface area contributed by atoms with Crippen LogP contribution in [0.3, 0.4) is 0 Å². The maximum atomic E-state index is 12.2. The van der Waals surface area contributed by atoms with Crippen LogP contribution in [-0.4, -0.2) is 23.8 Å². The molecule has 2 aromatic carbocycles. The molecule has 2 aromatic rings. The fourth-order valence-corrected chi connectivity index (χ4v) is 2.51. The Kier molecular flexibility index (Phi) is 6.67. The number of benzene rings is 2. The van der Waals surface area contributed by atoms with Crippen molar-refractivity contribution in [3.8, 4) is 0 Å². The molecule has 2 atom stereocenters. The lowest BCUT2D eigenvalue weighted by Crippen LogP contribution is -2.30. The van der Waals surface area contributed by atoms with Crippen LogP contribution in [0.2, 0.25) is 0 Å². The van der Waals surface area contributed by atoms with Gasteiger partial charge in [-0.3, -0.25) is 14.4 Å². The van der Waals surface area contributed by atoms with Crippen LogP contribution in [0.25, 0.3) is 0 Å². The van der Waals surface area contributed by atoms with Crippen LogP contribution in [0.1, 0.15) is 49.0 Å². The molecule has 136 valence electrons. The van der Waals surface area contributed by atoms with E-state index in [9.17, 15) is 14.4 Å². The summed E-state index contributed by atoms with van der Waals surface area (Å²) in [6.07, 6.45) is -0.729. The van der Waals surface area contributed by atoms with Gasteiger partial charge in [0, 0.05) is 11.3 Å². The minimum atomic E-state index is -0.925. The highest BCUT2D eigenvalue weighted by molar-refractivity contribution is 5.98. The van der Waals surface area contributed by atoms with Crippen molar-refractivity contribution >= 4 is 23.3 Å². The molecule has 0 saturated carbocycles. The second-order valence-electron chi connectivity index (χ2n) is 6.27. The van der Waals surface area contributed by atoms with Crippen LogP contribution in [0, 0.1) is 0 Å². The normalized spacial score (nSPS) is 12.7. The Labute approximate surface area is 153 Å². The van der Waals surface area contributed by atoms with Crippen molar-refractivity contribution in [3.05, 3.63) is 65.7 Å². The Bertz CT molecular complexity index is 786. The number of Topliss-reactive ketones (excluding diaryl/α,β-unsaturated/α-hetero) is 1. The zero-order valence-electron chi connectivity index (χ0n) is 15.2. The lowest BCUT2D eigenvalue weighted by molar-refractivity contribution is -0.153. The molecule has 0 aliphatic heterocycles. The summed E-state index contributed by atoms with van der Waals surface area (Å²) in [6.45, 7) is 4.92. The summed E-state index contributed by atoms with van der Waals surface area (Å²) in [5, 5.41) is 2.66. The predicted molar refractivity (Wildman–Crippen MR) is 100 cm³/mol. The van der Waals surface area contributed by atoms with E-state index in [1.165, 1.54) is 13.8 Å². The van der Waals surface area contributed by atoms with Crippen molar-refractivity contribution < 1.29 is 19.1 Å². The number of carbonyl (C=O) groups is 3. The summed E-state index contributed by atoms with van der Waals surface area (Å²) in [7, 11) is 0. The average Bonchev–Trinajstić information content (AvgIpc) is 2.62. The minimum Gasteiger partial charge on any atom is -0.453 e. The van der Waals surface area contributed by atoms with E-state index in [1.54, 1.807) is 24.3 Å². The van der Waals surface area contributed by atoms with E-state index in [-0.39, 0.29) is 18.1 Å². The van der Waals surface area contributed by atoms with E-state index in [2.05, 4.69) is 5.32 Å². The van der Waals surface area contributed by atoms with E-state index in [1.807, 2.05) is 37.3 Å². The molecule has 26 heavy (non-hydrogen) atoms. The van der Waals surface area contributed by atoms with Crippen LogP contribution >= 0.6 is 0 Å². The van der Waals surface area contributed by atoms with Gasteiger partial charge in [-0.1, -0.05) is 49.4 Å². The van der Waals surface area contributed by atoms with Crippen molar-refractivity contribution in [2.45, 2.75) is 39.2 Å². The summed E-state index contributed by atoms with van der Waals surface area (Å²) in [5.41, 5.74) is 2.04. The summed E-state index contributed by atoms with van der Waals surface area (Å²) in [5.74, 6) is -0.949. The first-order chi connectivity index (χ1) is 12.4. The standard InChI is InChI=1S/C21H23NO4/c1-14(17-8-5-4-6-9-17)12-20(24)26-16(3)21(25)22-19-11-7-10-18(13-19)15(2)23/h4-11,13-14,16H,12H2,1-3H3,(H,22,25)/t14-,16-/m0/s1. The number of anilines is 1. The average molecular weight is 353 g/mol. The number of esters is 1. The quantitative estimate of drug-likeness (QED) is 0.604. The van der Waals surface area contributed by atoms with Gasteiger partial charge in [0.25, 0.3) is 5.91 Å². The Morgan fingerprint density at radius 3 is 2.35 bits per heavy atom. The van der Waals surface area contributed by atoms with Gasteiger partial charge in [-0.25, -0.2) is 0 Å². The van der Waals surface area contributed by atoms with Crippen molar-refractivity contribution in [2.75, 3.05) is 5.32 Å². The third kappa shape index (κ3) is 5.55. The van der Waals surface area contributed by atoms with Gasteiger partial charge >= 0.3 is 5.97 Å². The van der Waals surface area contributed by atoms with Crippen molar-refractivity contribution in [1.82, 2.24) is 0 Å². The van der Waals surface area contributed by atoms with Crippen molar-refractivity contribution in [3.63, 3.8) is 0 Å². The molecule has 0 unspecified atom stereocenters. The van der Waals surface area contributed by atoms with Gasteiger partial charge in [-0.2, -0.15) is 0 Å². The summed E-state index contributed by atoms with van der Waals surface area (Å²) in [6, 6.07) is 16.3. The predicted octanol–water partition coefficient (Wildman–Crippen LogP) is 3.95. The molecule has 0 heterocycles. The number of rotatable bonds is 7. The third-order valence-electron chi connectivity index (χ3n) is 4.06. The zero-order valence-corrected chi connectivity index (χ0v) is 15.2. The fourth-order valence-electron chi connectivity index (χ4n) is 2.51. The van der Waals surface area contributed by atoms with Gasteiger partial charge in [0.05, 0.1) is 6.42 Å². The molecule has 0 spiro atoms. The summed E-state index contributed by atoms with van der Waals surface area (Å²) < 4.78 is 5.24. The Balaban J connectivity index is 1.89. The Morgan fingerprint density at radius 1 is 1.00 bits per heavy atom. The van der Waals surface area contributed by atoms with Crippen molar-refractivity contribution in [2.24, 2.45) is 0 Å². The number of amides is 1. The number of carbonyl (C=O) groups excluding carboxylic acids is 3. The SMILES string of the molecule is CC(=O)c1cccc(NC(=O)[C@H](C)OC(=O)C[C@H](C)c2ccccc2)c1. The largest absolute Gasteiger partial charge is 0.453 e. The van der Waals surface area contributed by atoms with E-state index >= 15 is 0 Å². The highest BCUT2D eigenvalue weighted by atomic mass is 16.5. The van der Waals surface area contributed by atoms with E-state index in [0.29, 0.717) is 11.3 Å². The number of hydrogen-bond acceptors (Lipinski definition) is 4. The minimum absolute atomic E-state index is 0.00575. The fraction of sp³-hybridized carbons (Fsp3) is 0.286. The number of hydrogen-bond donors (Lipinski definition) is 1. The Morgan fingerprint density at radius 2 is 1.69 bits per heavy atom. The molecule has 0 aliphatic carbocycles. The third-order valence-corrected chi connectivity index (χ3v) is 4.06. The first-order valence-corrected chi connectivity index (χ1v) is 8.53. The number of ether oxygens (including phenoxy) is 1. The van der Waals surface area contributed by atoms with Gasteiger partial charge in [-0.05, 0) is 37.5 Å². The molecule has 0 fully saturated rings. The molecule has 0 aliphatic rings. The van der Waals surface area contributed by atoms with Gasteiger partial charge < -0.3 is 10.1 Å².